The second kappa shape index (κ2) is 10.3. The number of oxime groups is 1. The second-order valence-electron chi connectivity index (χ2n) is 11.6. The fraction of sp³-hybridized carbons (Fsp3) is 0.344. The summed E-state index contributed by atoms with van der Waals surface area (Å²) in [5.41, 5.74) is 1.04. The lowest BCUT2D eigenvalue weighted by atomic mass is 9.64. The molecule has 0 saturated heterocycles. The first kappa shape index (κ1) is 27.2. The Bertz CT molecular complexity index is 1430. The lowest BCUT2D eigenvalue weighted by Gasteiger charge is -2.42. The topological polar surface area (TPSA) is 102 Å². The molecule has 0 aromatic heterocycles. The molecule has 1 amide bonds. The summed E-state index contributed by atoms with van der Waals surface area (Å²) in [6.45, 7) is 7.29. The smallest absolute Gasteiger partial charge is 0.334 e. The summed E-state index contributed by atoms with van der Waals surface area (Å²) in [5.74, 6) is -0.695. The molecule has 206 valence electrons. The zero-order chi connectivity index (χ0) is 28.5. The van der Waals surface area contributed by atoms with E-state index in [-0.39, 0.29) is 17.2 Å². The largest absolute Gasteiger partial charge is 0.365 e. The van der Waals surface area contributed by atoms with Gasteiger partial charge in [-0.25, -0.2) is 4.79 Å². The maximum absolute atomic E-state index is 14.6. The molecule has 2 aliphatic rings. The molecule has 5 rings (SSSR count). The molecule has 0 N–H and O–H groups in total. The van der Waals surface area contributed by atoms with Crippen molar-refractivity contribution in [3.8, 4) is 0 Å². The predicted octanol–water partition coefficient (Wildman–Crippen LogP) is 6.55. The van der Waals surface area contributed by atoms with Crippen molar-refractivity contribution in [3.05, 3.63) is 112 Å². The van der Waals surface area contributed by atoms with Crippen LogP contribution in [0.5, 0.6) is 0 Å². The Kier molecular flexibility index (Phi) is 7.04. The molecular weight excluding hydrogens is 506 g/mol. The number of benzene rings is 3. The quantitative estimate of drug-likeness (QED) is 0.183. The third-order valence-electron chi connectivity index (χ3n) is 9.39. The van der Waals surface area contributed by atoms with Crippen LogP contribution in [-0.4, -0.2) is 27.4 Å². The van der Waals surface area contributed by atoms with Crippen molar-refractivity contribution in [1.82, 2.24) is 4.90 Å². The number of hydrogen-bond acceptors (Lipinski definition) is 6. The van der Waals surface area contributed by atoms with Crippen LogP contribution in [0.3, 0.4) is 0 Å². The van der Waals surface area contributed by atoms with Gasteiger partial charge in [-0.3, -0.25) is 14.9 Å². The number of rotatable bonds is 8. The third-order valence-corrected chi connectivity index (χ3v) is 9.39. The zero-order valence-corrected chi connectivity index (χ0v) is 23.0. The highest BCUT2D eigenvalue weighted by Gasteiger charge is 2.72. The SMILES string of the molecule is CC12CCC(C(=O)N(Cc3ccccc3)Cc3ccccc3)(CC1=NOC(=O)c1cccc([N+](=O)[O-])c1)C2(C)C. The minimum atomic E-state index is -0.768. The fourth-order valence-electron chi connectivity index (χ4n) is 6.50. The highest BCUT2D eigenvalue weighted by atomic mass is 16.7. The van der Waals surface area contributed by atoms with Gasteiger partial charge in [0.05, 0.1) is 21.6 Å². The number of non-ortho nitro benzene ring substituents is 1. The molecule has 2 saturated carbocycles. The summed E-state index contributed by atoms with van der Waals surface area (Å²) in [5, 5.41) is 15.4. The second-order valence-corrected chi connectivity index (χ2v) is 11.6. The van der Waals surface area contributed by atoms with E-state index < -0.39 is 27.1 Å². The molecule has 0 spiro atoms. The van der Waals surface area contributed by atoms with Gasteiger partial charge in [-0.05, 0) is 35.4 Å². The molecule has 8 nitrogen and oxygen atoms in total. The summed E-state index contributed by atoms with van der Waals surface area (Å²) in [6, 6.07) is 25.3. The lowest BCUT2D eigenvalue weighted by molar-refractivity contribution is -0.384. The monoisotopic (exact) mass is 539 g/mol. The number of carbonyl (C=O) groups is 2. The van der Waals surface area contributed by atoms with Crippen LogP contribution < -0.4 is 0 Å². The summed E-state index contributed by atoms with van der Waals surface area (Å²) in [6.07, 6.45) is 1.84. The lowest BCUT2D eigenvalue weighted by Crippen LogP contribution is -2.48. The van der Waals surface area contributed by atoms with E-state index in [4.69, 9.17) is 4.84 Å². The molecule has 2 fully saturated rings. The van der Waals surface area contributed by atoms with Gasteiger partial charge < -0.3 is 9.74 Å². The van der Waals surface area contributed by atoms with E-state index in [2.05, 4.69) is 25.9 Å². The standard InChI is InChI=1S/C32H33N3O5/c1-30(2)31(3)17-18-32(30,20-27(31)33-40-28(36)25-15-10-16-26(19-25)35(38)39)29(37)34(21-23-11-6-4-7-12-23)22-24-13-8-5-9-14-24/h4-16,19H,17-18,20-22H2,1-3H3. The molecule has 8 heteroatoms. The van der Waals surface area contributed by atoms with Crippen LogP contribution in [0.25, 0.3) is 0 Å². The Morgan fingerprint density at radius 2 is 1.50 bits per heavy atom. The zero-order valence-electron chi connectivity index (χ0n) is 23.0. The van der Waals surface area contributed by atoms with Gasteiger partial charge in [0.15, 0.2) is 0 Å². The Morgan fingerprint density at radius 3 is 2.08 bits per heavy atom. The molecule has 0 heterocycles. The number of nitro benzene ring substituents is 1. The summed E-state index contributed by atoms with van der Waals surface area (Å²) < 4.78 is 0. The Hall–Kier alpha value is -4.33. The van der Waals surface area contributed by atoms with Crippen molar-refractivity contribution in [1.29, 1.82) is 0 Å². The number of nitro groups is 1. The van der Waals surface area contributed by atoms with E-state index in [0.717, 1.165) is 17.5 Å². The van der Waals surface area contributed by atoms with Gasteiger partial charge in [-0.15, -0.1) is 0 Å². The van der Waals surface area contributed by atoms with Gasteiger partial charge in [-0.2, -0.15) is 0 Å². The van der Waals surface area contributed by atoms with Crippen molar-refractivity contribution < 1.29 is 19.3 Å². The van der Waals surface area contributed by atoms with Crippen molar-refractivity contribution >= 4 is 23.3 Å². The van der Waals surface area contributed by atoms with Crippen LogP contribution in [0, 0.1) is 26.4 Å². The molecule has 2 atom stereocenters. The fourth-order valence-corrected chi connectivity index (χ4v) is 6.50. The van der Waals surface area contributed by atoms with Crippen molar-refractivity contribution in [2.75, 3.05) is 0 Å². The Labute approximate surface area is 233 Å². The minimum Gasteiger partial charge on any atom is -0.334 e. The van der Waals surface area contributed by atoms with Gasteiger partial charge in [0.2, 0.25) is 5.91 Å². The average molecular weight is 540 g/mol. The van der Waals surface area contributed by atoms with Gasteiger partial charge in [0.25, 0.3) is 5.69 Å². The minimum absolute atomic E-state index is 0.0498. The summed E-state index contributed by atoms with van der Waals surface area (Å²) in [7, 11) is 0. The van der Waals surface area contributed by atoms with Crippen LogP contribution >= 0.6 is 0 Å². The van der Waals surface area contributed by atoms with E-state index in [1.165, 1.54) is 24.3 Å². The first-order chi connectivity index (χ1) is 19.1. The maximum Gasteiger partial charge on any atom is 0.365 e. The number of nitrogens with zero attached hydrogens (tertiary/aromatic N) is 3. The summed E-state index contributed by atoms with van der Waals surface area (Å²) in [4.78, 5) is 45.2. The van der Waals surface area contributed by atoms with Crippen LogP contribution in [0.2, 0.25) is 0 Å². The van der Waals surface area contributed by atoms with E-state index in [1.807, 2.05) is 65.6 Å². The van der Waals surface area contributed by atoms with E-state index in [1.54, 1.807) is 0 Å². The highest BCUT2D eigenvalue weighted by molar-refractivity contribution is 6.03. The van der Waals surface area contributed by atoms with Gasteiger partial charge >= 0.3 is 5.97 Å². The number of amides is 1. The first-order valence-electron chi connectivity index (χ1n) is 13.5. The molecular formula is C32H33N3O5. The molecule has 40 heavy (non-hydrogen) atoms. The molecule has 3 aromatic rings. The van der Waals surface area contributed by atoms with E-state index >= 15 is 0 Å². The maximum atomic E-state index is 14.6. The van der Waals surface area contributed by atoms with Crippen LogP contribution in [0.15, 0.2) is 90.1 Å². The van der Waals surface area contributed by atoms with Crippen molar-refractivity contribution in [2.24, 2.45) is 21.4 Å². The molecule has 2 unspecified atom stereocenters. The van der Waals surface area contributed by atoms with Crippen LogP contribution in [0.4, 0.5) is 5.69 Å². The first-order valence-corrected chi connectivity index (χ1v) is 13.5. The highest BCUT2D eigenvalue weighted by Crippen LogP contribution is 2.71. The van der Waals surface area contributed by atoms with Gasteiger partial charge in [0.1, 0.15) is 0 Å². The van der Waals surface area contributed by atoms with E-state index in [0.29, 0.717) is 31.6 Å². The van der Waals surface area contributed by atoms with Crippen molar-refractivity contribution in [3.63, 3.8) is 0 Å². The Balaban J connectivity index is 1.44. The number of carbonyl (C=O) groups excluding carboxylic acids is 2. The van der Waals surface area contributed by atoms with Gasteiger partial charge in [0, 0.05) is 37.1 Å². The average Bonchev–Trinajstić information content (AvgIpc) is 3.27. The van der Waals surface area contributed by atoms with Crippen molar-refractivity contribution in [2.45, 2.75) is 53.1 Å². The molecule has 2 bridgehead atoms. The number of fused-ring (bicyclic) bond motifs is 2. The normalized spacial score (nSPS) is 23.6. The van der Waals surface area contributed by atoms with Gasteiger partial charge in [-0.1, -0.05) is 92.7 Å². The Morgan fingerprint density at radius 1 is 0.900 bits per heavy atom. The number of hydrogen-bond donors (Lipinski definition) is 0. The third kappa shape index (κ3) is 4.57. The van der Waals surface area contributed by atoms with Crippen LogP contribution in [-0.2, 0) is 22.7 Å². The van der Waals surface area contributed by atoms with E-state index in [9.17, 15) is 19.7 Å². The predicted molar refractivity (Wildman–Crippen MR) is 151 cm³/mol. The summed E-state index contributed by atoms with van der Waals surface area (Å²) >= 11 is 0. The molecule has 2 aliphatic carbocycles. The molecule has 0 aliphatic heterocycles. The van der Waals surface area contributed by atoms with Crippen LogP contribution in [0.1, 0.15) is 61.5 Å². The molecule has 3 aromatic carbocycles. The molecule has 0 radical (unpaired) electrons.